The number of carbonyl (C=O) groups excluding carboxylic acids is 2. The molecule has 0 saturated carbocycles. The summed E-state index contributed by atoms with van der Waals surface area (Å²) in [4.78, 5) is 39.9. The molecule has 4 rings (SSSR count). The second kappa shape index (κ2) is 8.49. The quantitative estimate of drug-likeness (QED) is 0.624. The molecular formula is C23H23N3O4. The van der Waals surface area contributed by atoms with E-state index in [9.17, 15) is 14.4 Å². The molecule has 0 radical (unpaired) electrons. The summed E-state index contributed by atoms with van der Waals surface area (Å²) in [5.41, 5.74) is 0.223. The van der Waals surface area contributed by atoms with Crippen molar-refractivity contribution in [3.05, 3.63) is 70.6 Å². The molecule has 0 bridgehead atoms. The molecule has 1 amide bonds. The number of hydrogen-bond donors (Lipinski definition) is 0. The SMILES string of the molecule is C[C@H]1CCCN(C(=O)COC(=O)c2nn(-c3ccccc3)c(=O)c3ccccc23)C1. The molecular weight excluding hydrogens is 382 g/mol. The van der Waals surface area contributed by atoms with E-state index in [0.717, 1.165) is 12.8 Å². The Morgan fingerprint density at radius 3 is 2.50 bits per heavy atom. The van der Waals surface area contributed by atoms with Crippen molar-refractivity contribution in [3.63, 3.8) is 0 Å². The number of para-hydroxylation sites is 1. The molecule has 3 aromatic rings. The Kier molecular flexibility index (Phi) is 5.61. The molecule has 1 saturated heterocycles. The Bertz CT molecular complexity index is 1140. The van der Waals surface area contributed by atoms with Crippen LogP contribution in [0, 0.1) is 5.92 Å². The van der Waals surface area contributed by atoms with E-state index >= 15 is 0 Å². The van der Waals surface area contributed by atoms with Gasteiger partial charge in [-0.15, -0.1) is 0 Å². The van der Waals surface area contributed by atoms with E-state index in [-0.39, 0.29) is 23.8 Å². The molecule has 2 aromatic carbocycles. The van der Waals surface area contributed by atoms with E-state index in [1.807, 2.05) is 6.07 Å². The van der Waals surface area contributed by atoms with Crippen molar-refractivity contribution in [2.75, 3.05) is 19.7 Å². The molecule has 2 heterocycles. The maximum atomic E-state index is 12.9. The van der Waals surface area contributed by atoms with Crippen molar-refractivity contribution >= 4 is 22.6 Å². The van der Waals surface area contributed by atoms with Crippen molar-refractivity contribution in [2.24, 2.45) is 5.92 Å². The fourth-order valence-electron chi connectivity index (χ4n) is 3.79. The molecule has 0 aliphatic carbocycles. The molecule has 154 valence electrons. The lowest BCUT2D eigenvalue weighted by Crippen LogP contribution is -2.41. The fourth-order valence-corrected chi connectivity index (χ4v) is 3.79. The lowest BCUT2D eigenvalue weighted by molar-refractivity contribution is -0.136. The summed E-state index contributed by atoms with van der Waals surface area (Å²) in [6.45, 7) is 3.12. The van der Waals surface area contributed by atoms with Gasteiger partial charge in [0, 0.05) is 18.5 Å². The summed E-state index contributed by atoms with van der Waals surface area (Å²) in [6, 6.07) is 15.6. The van der Waals surface area contributed by atoms with Gasteiger partial charge in [0.05, 0.1) is 11.1 Å². The van der Waals surface area contributed by atoms with Crippen LogP contribution in [0.4, 0.5) is 0 Å². The Hall–Kier alpha value is -3.48. The number of likely N-dealkylation sites (tertiary alicyclic amines) is 1. The number of amides is 1. The molecule has 1 atom stereocenters. The molecule has 1 aliphatic heterocycles. The second-order valence-corrected chi connectivity index (χ2v) is 7.61. The van der Waals surface area contributed by atoms with Gasteiger partial charge in [0.1, 0.15) is 0 Å². The minimum atomic E-state index is -0.728. The van der Waals surface area contributed by atoms with Crippen LogP contribution in [-0.4, -0.2) is 46.3 Å². The zero-order chi connectivity index (χ0) is 21.1. The Balaban J connectivity index is 1.63. The average molecular weight is 405 g/mol. The van der Waals surface area contributed by atoms with Crippen LogP contribution in [0.1, 0.15) is 30.3 Å². The standard InChI is InChI=1S/C23H23N3O4/c1-16-8-7-13-25(14-16)20(27)15-30-23(29)21-18-11-5-6-12-19(18)22(28)26(24-21)17-9-3-2-4-10-17/h2-6,9-12,16H,7-8,13-15H2,1H3/t16-/m0/s1. The number of piperidine rings is 1. The maximum Gasteiger partial charge on any atom is 0.359 e. The first-order valence-electron chi connectivity index (χ1n) is 10.1. The van der Waals surface area contributed by atoms with Crippen LogP contribution in [0.5, 0.6) is 0 Å². The van der Waals surface area contributed by atoms with E-state index in [1.165, 1.54) is 4.68 Å². The monoisotopic (exact) mass is 405 g/mol. The molecule has 1 aliphatic rings. The number of benzene rings is 2. The predicted molar refractivity (Wildman–Crippen MR) is 113 cm³/mol. The van der Waals surface area contributed by atoms with Gasteiger partial charge in [0.2, 0.25) is 0 Å². The normalized spacial score (nSPS) is 16.4. The molecule has 1 aromatic heterocycles. The van der Waals surface area contributed by atoms with Crippen molar-refractivity contribution in [3.8, 4) is 5.69 Å². The first-order chi connectivity index (χ1) is 14.5. The third kappa shape index (κ3) is 3.96. The Morgan fingerprint density at radius 1 is 1.07 bits per heavy atom. The molecule has 0 spiro atoms. The highest BCUT2D eigenvalue weighted by atomic mass is 16.5. The lowest BCUT2D eigenvalue weighted by atomic mass is 10.0. The molecule has 0 N–H and O–H groups in total. The summed E-state index contributed by atoms with van der Waals surface area (Å²) in [7, 11) is 0. The van der Waals surface area contributed by atoms with Crippen molar-refractivity contribution in [2.45, 2.75) is 19.8 Å². The molecule has 1 fully saturated rings. The van der Waals surface area contributed by atoms with E-state index in [4.69, 9.17) is 4.74 Å². The Morgan fingerprint density at radius 2 is 1.77 bits per heavy atom. The first-order valence-corrected chi connectivity index (χ1v) is 10.1. The van der Waals surface area contributed by atoms with Crippen LogP contribution < -0.4 is 5.56 Å². The van der Waals surface area contributed by atoms with Crippen LogP contribution in [0.2, 0.25) is 0 Å². The Labute approximate surface area is 173 Å². The van der Waals surface area contributed by atoms with Gasteiger partial charge >= 0.3 is 5.97 Å². The minimum absolute atomic E-state index is 0.00821. The van der Waals surface area contributed by atoms with Gasteiger partial charge in [-0.25, -0.2) is 4.79 Å². The van der Waals surface area contributed by atoms with Gasteiger partial charge in [-0.05, 0) is 37.0 Å². The number of hydrogen-bond acceptors (Lipinski definition) is 5. The summed E-state index contributed by atoms with van der Waals surface area (Å²) in [6.07, 6.45) is 2.05. The van der Waals surface area contributed by atoms with Gasteiger partial charge in [0.25, 0.3) is 11.5 Å². The van der Waals surface area contributed by atoms with Crippen molar-refractivity contribution in [1.29, 1.82) is 0 Å². The number of ether oxygens (including phenoxy) is 1. The van der Waals surface area contributed by atoms with Gasteiger partial charge in [-0.2, -0.15) is 9.78 Å². The number of carbonyl (C=O) groups is 2. The van der Waals surface area contributed by atoms with Crippen molar-refractivity contribution in [1.82, 2.24) is 14.7 Å². The lowest BCUT2D eigenvalue weighted by Gasteiger charge is -2.30. The van der Waals surface area contributed by atoms with Crippen LogP contribution in [0.25, 0.3) is 16.5 Å². The topological polar surface area (TPSA) is 81.5 Å². The molecule has 7 nitrogen and oxygen atoms in total. The minimum Gasteiger partial charge on any atom is -0.451 e. The predicted octanol–water partition coefficient (Wildman–Crippen LogP) is 2.80. The average Bonchev–Trinajstić information content (AvgIpc) is 2.78. The molecule has 30 heavy (non-hydrogen) atoms. The summed E-state index contributed by atoms with van der Waals surface area (Å²) < 4.78 is 6.50. The maximum absolute atomic E-state index is 12.9. The summed E-state index contributed by atoms with van der Waals surface area (Å²) in [5.74, 6) is -0.497. The van der Waals surface area contributed by atoms with Crippen molar-refractivity contribution < 1.29 is 14.3 Å². The zero-order valence-corrected chi connectivity index (χ0v) is 16.8. The van der Waals surface area contributed by atoms with Gasteiger partial charge in [-0.1, -0.05) is 43.3 Å². The number of fused-ring (bicyclic) bond motifs is 1. The van der Waals surface area contributed by atoms with Crippen LogP contribution in [-0.2, 0) is 9.53 Å². The highest BCUT2D eigenvalue weighted by Gasteiger charge is 2.24. The number of rotatable bonds is 4. The van der Waals surface area contributed by atoms with E-state index in [0.29, 0.717) is 35.5 Å². The number of nitrogens with zero attached hydrogens (tertiary/aromatic N) is 3. The number of esters is 1. The summed E-state index contributed by atoms with van der Waals surface area (Å²) >= 11 is 0. The van der Waals surface area contributed by atoms with E-state index in [2.05, 4.69) is 12.0 Å². The van der Waals surface area contributed by atoms with Crippen LogP contribution in [0.3, 0.4) is 0 Å². The number of aromatic nitrogens is 2. The third-order valence-electron chi connectivity index (χ3n) is 5.34. The second-order valence-electron chi connectivity index (χ2n) is 7.61. The third-order valence-corrected chi connectivity index (χ3v) is 5.34. The molecule has 0 unspecified atom stereocenters. The van der Waals surface area contributed by atoms with E-state index < -0.39 is 5.97 Å². The molecule has 7 heteroatoms. The fraction of sp³-hybridized carbons (Fsp3) is 0.304. The highest BCUT2D eigenvalue weighted by molar-refractivity contribution is 6.02. The highest BCUT2D eigenvalue weighted by Crippen LogP contribution is 2.17. The smallest absolute Gasteiger partial charge is 0.359 e. The van der Waals surface area contributed by atoms with Crippen LogP contribution in [0.15, 0.2) is 59.4 Å². The van der Waals surface area contributed by atoms with E-state index in [1.54, 1.807) is 53.4 Å². The van der Waals surface area contributed by atoms with Gasteiger partial charge < -0.3 is 9.64 Å². The summed E-state index contributed by atoms with van der Waals surface area (Å²) in [5, 5.41) is 5.04. The van der Waals surface area contributed by atoms with Gasteiger partial charge in [0.15, 0.2) is 12.3 Å². The first kappa shape index (κ1) is 19.8. The van der Waals surface area contributed by atoms with Gasteiger partial charge in [-0.3, -0.25) is 9.59 Å². The zero-order valence-electron chi connectivity index (χ0n) is 16.8. The van der Waals surface area contributed by atoms with Crippen LogP contribution >= 0.6 is 0 Å². The largest absolute Gasteiger partial charge is 0.451 e.